The second-order valence-electron chi connectivity index (χ2n) is 7.01. The molecule has 0 spiro atoms. The van der Waals surface area contributed by atoms with Crippen LogP contribution in [0.15, 0.2) is 60.7 Å². The van der Waals surface area contributed by atoms with Crippen LogP contribution in [0, 0.1) is 5.92 Å². The van der Waals surface area contributed by atoms with Gasteiger partial charge in [-0.15, -0.1) is 0 Å². The topological polar surface area (TPSA) is 92.7 Å². The fourth-order valence-electron chi connectivity index (χ4n) is 2.97. The number of carbonyl (C=O) groups is 3. The minimum Gasteiger partial charge on any atom is -0.480 e. The summed E-state index contributed by atoms with van der Waals surface area (Å²) >= 11 is 1.06. The summed E-state index contributed by atoms with van der Waals surface area (Å²) in [7, 11) is 0. The number of thioether (sulfide) groups is 1. The van der Waals surface area contributed by atoms with E-state index >= 15 is 0 Å². The molecule has 0 radical (unpaired) electrons. The van der Waals surface area contributed by atoms with E-state index in [1.54, 1.807) is 0 Å². The number of hydrogen-bond acceptors (Lipinski definition) is 5. The highest BCUT2D eigenvalue weighted by Crippen LogP contribution is 2.28. The van der Waals surface area contributed by atoms with Crippen LogP contribution in [0.1, 0.15) is 30.9 Å². The van der Waals surface area contributed by atoms with Gasteiger partial charge in [-0.05, 0) is 17.0 Å². The van der Waals surface area contributed by atoms with Crippen LogP contribution >= 0.6 is 11.8 Å². The molecule has 0 saturated heterocycles. The Hall–Kier alpha value is -2.64. The summed E-state index contributed by atoms with van der Waals surface area (Å²) < 4.78 is 5.51. The van der Waals surface area contributed by atoms with Crippen molar-refractivity contribution in [3.63, 3.8) is 0 Å². The van der Waals surface area contributed by atoms with Gasteiger partial charge in [-0.2, -0.15) is 0 Å². The molecule has 0 aliphatic carbocycles. The summed E-state index contributed by atoms with van der Waals surface area (Å²) in [6.07, 6.45) is 0. The Morgan fingerprint density at radius 3 is 2.20 bits per heavy atom. The lowest BCUT2D eigenvalue weighted by Crippen LogP contribution is -2.47. The molecule has 3 atom stereocenters. The van der Waals surface area contributed by atoms with Crippen LogP contribution in [0.3, 0.4) is 0 Å². The molecule has 1 amide bonds. The maximum Gasteiger partial charge on any atom is 0.328 e. The highest BCUT2D eigenvalue weighted by molar-refractivity contribution is 8.13. The fourth-order valence-corrected chi connectivity index (χ4v) is 3.82. The number of nitrogens with one attached hydrogen (secondary N) is 1. The van der Waals surface area contributed by atoms with Crippen molar-refractivity contribution in [2.45, 2.75) is 32.4 Å². The van der Waals surface area contributed by atoms with Crippen molar-refractivity contribution in [1.82, 2.24) is 5.32 Å². The van der Waals surface area contributed by atoms with E-state index in [0.717, 1.165) is 22.9 Å². The molecule has 0 bridgehead atoms. The highest BCUT2D eigenvalue weighted by Gasteiger charge is 2.30. The first-order chi connectivity index (χ1) is 14.4. The van der Waals surface area contributed by atoms with E-state index in [0.29, 0.717) is 0 Å². The number of benzene rings is 2. The van der Waals surface area contributed by atoms with Gasteiger partial charge in [0.15, 0.2) is 11.2 Å². The third kappa shape index (κ3) is 7.65. The zero-order chi connectivity index (χ0) is 21.9. The Morgan fingerprint density at radius 2 is 1.63 bits per heavy atom. The molecular formula is C23H27NO5S. The summed E-state index contributed by atoms with van der Waals surface area (Å²) in [4.78, 5) is 36.1. The van der Waals surface area contributed by atoms with Crippen LogP contribution in [0.4, 0.5) is 0 Å². The normalized spacial score (nSPS) is 13.8. The number of carboxylic acids is 1. The minimum absolute atomic E-state index is 0.0889. The van der Waals surface area contributed by atoms with E-state index < -0.39 is 23.8 Å². The van der Waals surface area contributed by atoms with Crippen molar-refractivity contribution in [1.29, 1.82) is 0 Å². The molecule has 2 N–H and O–H groups in total. The number of carbonyl (C=O) groups excluding carboxylic acids is 2. The van der Waals surface area contributed by atoms with E-state index in [-0.39, 0.29) is 30.0 Å². The van der Waals surface area contributed by atoms with E-state index in [1.807, 2.05) is 67.6 Å². The van der Waals surface area contributed by atoms with Gasteiger partial charge in [0.2, 0.25) is 5.91 Å². The van der Waals surface area contributed by atoms with Gasteiger partial charge in [-0.25, -0.2) is 4.79 Å². The van der Waals surface area contributed by atoms with Crippen LogP contribution in [-0.2, 0) is 25.7 Å². The first-order valence-electron chi connectivity index (χ1n) is 9.71. The van der Waals surface area contributed by atoms with Gasteiger partial charge in [0.05, 0.1) is 19.1 Å². The average Bonchev–Trinajstić information content (AvgIpc) is 2.74. The van der Waals surface area contributed by atoms with Crippen molar-refractivity contribution in [2.75, 3.05) is 12.4 Å². The van der Waals surface area contributed by atoms with Crippen molar-refractivity contribution in [3.05, 3.63) is 71.8 Å². The van der Waals surface area contributed by atoms with Gasteiger partial charge >= 0.3 is 5.97 Å². The molecule has 30 heavy (non-hydrogen) atoms. The van der Waals surface area contributed by atoms with Crippen LogP contribution < -0.4 is 5.32 Å². The fraction of sp³-hybridized carbons (Fsp3) is 0.348. The first-order valence-corrected chi connectivity index (χ1v) is 10.7. The van der Waals surface area contributed by atoms with Crippen molar-refractivity contribution in [3.8, 4) is 0 Å². The van der Waals surface area contributed by atoms with Gasteiger partial charge in [0, 0.05) is 12.7 Å². The minimum atomic E-state index is -1.17. The number of ether oxygens (including phenoxy) is 1. The van der Waals surface area contributed by atoms with Crippen LogP contribution in [0.2, 0.25) is 0 Å². The van der Waals surface area contributed by atoms with Gasteiger partial charge < -0.3 is 15.2 Å². The molecule has 2 unspecified atom stereocenters. The van der Waals surface area contributed by atoms with E-state index in [2.05, 4.69) is 5.32 Å². The Balaban J connectivity index is 2.04. The number of carboxylic acid groups (broad SMARTS) is 1. The quantitative estimate of drug-likeness (QED) is 0.568. The molecule has 0 saturated carbocycles. The lowest BCUT2D eigenvalue weighted by molar-refractivity contribution is -0.144. The smallest absolute Gasteiger partial charge is 0.328 e. The Labute approximate surface area is 181 Å². The molecule has 7 heteroatoms. The predicted octanol–water partition coefficient (Wildman–Crippen LogP) is 3.47. The summed E-state index contributed by atoms with van der Waals surface area (Å²) in [6.45, 7) is 3.46. The molecule has 0 aliphatic rings. The lowest BCUT2D eigenvalue weighted by Gasteiger charge is -2.25. The van der Waals surface area contributed by atoms with Gasteiger partial charge in [0.25, 0.3) is 0 Å². The molecular weight excluding hydrogens is 402 g/mol. The number of rotatable bonds is 11. The van der Waals surface area contributed by atoms with E-state index in [4.69, 9.17) is 4.74 Å². The first kappa shape index (κ1) is 23.6. The maximum atomic E-state index is 13.0. The third-order valence-corrected chi connectivity index (χ3v) is 5.67. The molecule has 6 nitrogen and oxygen atoms in total. The summed E-state index contributed by atoms with van der Waals surface area (Å²) in [5.41, 5.74) is 1.87. The molecule has 2 rings (SSSR count). The standard InChI is InChI=1S/C23H27NO5S/c1-16(19-11-7-4-8-12-19)20(15-30-17(2)25)22(26)24-21(23(27)28)14-29-13-18-9-5-3-6-10-18/h3-12,16,20-21H,13-15H2,1-2H3,(H,24,26)(H,27,28)/t16?,20?,21-/m0/s1. The molecule has 0 aliphatic heterocycles. The predicted molar refractivity (Wildman–Crippen MR) is 117 cm³/mol. The Bertz CT molecular complexity index is 828. The largest absolute Gasteiger partial charge is 0.480 e. The SMILES string of the molecule is CC(=O)SCC(C(=O)N[C@@H](COCc1ccccc1)C(=O)O)C(C)c1ccccc1. The average molecular weight is 430 g/mol. The molecule has 0 fully saturated rings. The Morgan fingerprint density at radius 1 is 1.03 bits per heavy atom. The van der Waals surface area contributed by atoms with E-state index in [9.17, 15) is 19.5 Å². The third-order valence-electron chi connectivity index (χ3n) is 4.74. The second-order valence-corrected chi connectivity index (χ2v) is 8.21. The summed E-state index contributed by atoms with van der Waals surface area (Å²) in [5, 5.41) is 12.0. The number of amides is 1. The summed E-state index contributed by atoms with van der Waals surface area (Å²) in [6, 6.07) is 17.7. The second kappa shape index (κ2) is 12.1. The number of hydrogen-bond donors (Lipinski definition) is 2. The molecule has 2 aromatic carbocycles. The molecule has 2 aromatic rings. The zero-order valence-electron chi connectivity index (χ0n) is 17.1. The van der Waals surface area contributed by atoms with Crippen LogP contribution in [-0.4, -0.2) is 40.5 Å². The maximum absolute atomic E-state index is 13.0. The van der Waals surface area contributed by atoms with Gasteiger partial charge in [-0.1, -0.05) is 79.3 Å². The van der Waals surface area contributed by atoms with Gasteiger partial charge in [0.1, 0.15) is 0 Å². The van der Waals surface area contributed by atoms with Crippen LogP contribution in [0.25, 0.3) is 0 Å². The number of aliphatic carboxylic acids is 1. The van der Waals surface area contributed by atoms with Crippen molar-refractivity contribution < 1.29 is 24.2 Å². The van der Waals surface area contributed by atoms with E-state index in [1.165, 1.54) is 6.92 Å². The lowest BCUT2D eigenvalue weighted by atomic mass is 9.88. The molecule has 0 heterocycles. The monoisotopic (exact) mass is 429 g/mol. The summed E-state index contributed by atoms with van der Waals surface area (Å²) in [5.74, 6) is -2.04. The Kier molecular flexibility index (Phi) is 9.57. The molecule has 0 aromatic heterocycles. The zero-order valence-corrected chi connectivity index (χ0v) is 17.9. The van der Waals surface area contributed by atoms with Crippen molar-refractivity contribution >= 4 is 28.8 Å². The molecule has 160 valence electrons. The van der Waals surface area contributed by atoms with Crippen LogP contribution in [0.5, 0.6) is 0 Å². The van der Waals surface area contributed by atoms with Gasteiger partial charge in [-0.3, -0.25) is 9.59 Å². The highest BCUT2D eigenvalue weighted by atomic mass is 32.2. The van der Waals surface area contributed by atoms with Crippen molar-refractivity contribution in [2.24, 2.45) is 5.92 Å².